The number of sulfonamides is 1. The maximum atomic E-state index is 12.9. The largest absolute Gasteiger partial charge is 0.516 e. The van der Waals surface area contributed by atoms with Gasteiger partial charge >= 0.3 is 15.5 Å². The fraction of sp³-hybridized carbons (Fsp3) is 0.125. The molecule has 0 spiro atoms. The van der Waals surface area contributed by atoms with Crippen molar-refractivity contribution >= 4 is 33.0 Å². The Hall–Kier alpha value is -2.46. The summed E-state index contributed by atoms with van der Waals surface area (Å²) in [7, 11) is -5.63. The van der Waals surface area contributed by atoms with E-state index in [1.165, 1.54) is 35.1 Å². The van der Waals surface area contributed by atoms with Gasteiger partial charge in [-0.05, 0) is 49.4 Å². The number of halogens is 5. The van der Waals surface area contributed by atoms with E-state index in [1.54, 1.807) is 6.92 Å². The molecule has 0 bridgehead atoms. The summed E-state index contributed by atoms with van der Waals surface area (Å²) in [6.07, 6.45) is 1.43. The number of hydrogen-bond acceptors (Lipinski definition) is 4. The number of nitrogens with one attached hydrogen (secondary N) is 2. The molecule has 0 fully saturated rings. The lowest BCUT2D eigenvalue weighted by atomic mass is 10.1. The van der Waals surface area contributed by atoms with Gasteiger partial charge in [0.15, 0.2) is 5.75 Å². The van der Waals surface area contributed by atoms with Gasteiger partial charge in [-0.2, -0.15) is 21.6 Å². The van der Waals surface area contributed by atoms with Crippen LogP contribution in [0.1, 0.15) is 12.5 Å². The van der Waals surface area contributed by atoms with Gasteiger partial charge in [0.2, 0.25) is 0 Å². The van der Waals surface area contributed by atoms with E-state index in [2.05, 4.69) is 5.48 Å². The molecule has 0 atom stereocenters. The molecule has 0 amide bonds. The maximum Gasteiger partial charge on any atom is 0.516 e. The minimum Gasteiger partial charge on any atom is -0.382 e. The van der Waals surface area contributed by atoms with Crippen molar-refractivity contribution in [3.8, 4) is 5.75 Å². The Morgan fingerprint density at radius 1 is 1.15 bits per heavy atom. The fourth-order valence-electron chi connectivity index (χ4n) is 1.92. The molecule has 5 nitrogen and oxygen atoms in total. The van der Waals surface area contributed by atoms with E-state index >= 15 is 0 Å². The minimum atomic E-state index is -5.63. The Bertz CT molecular complexity index is 945. The van der Waals surface area contributed by atoms with Crippen molar-refractivity contribution in [2.75, 3.05) is 4.72 Å². The first kappa shape index (κ1) is 20.8. The molecule has 0 aromatic heterocycles. The first-order chi connectivity index (χ1) is 12.5. The van der Waals surface area contributed by atoms with Crippen molar-refractivity contribution < 1.29 is 30.8 Å². The fourth-order valence-corrected chi connectivity index (χ4v) is 2.67. The number of hydrogen-bond donors (Lipinski definition) is 2. The van der Waals surface area contributed by atoms with Crippen LogP contribution in [0.15, 0.2) is 48.5 Å². The Morgan fingerprint density at radius 2 is 1.78 bits per heavy atom. The molecule has 0 aliphatic heterocycles. The lowest BCUT2D eigenvalue weighted by molar-refractivity contribution is -0.0429. The molecular formula is C16H13ClF4N2O3S. The van der Waals surface area contributed by atoms with Gasteiger partial charge in [0.05, 0.1) is 11.4 Å². The molecule has 0 radical (unpaired) electrons. The van der Waals surface area contributed by atoms with E-state index in [4.69, 9.17) is 16.4 Å². The van der Waals surface area contributed by atoms with Crippen LogP contribution in [0.25, 0.3) is 5.70 Å². The molecule has 0 saturated heterocycles. The van der Waals surface area contributed by atoms with E-state index in [9.17, 15) is 26.0 Å². The highest BCUT2D eigenvalue weighted by Crippen LogP contribution is 2.31. The smallest absolute Gasteiger partial charge is 0.382 e. The van der Waals surface area contributed by atoms with Gasteiger partial charge in [-0.15, -0.1) is 0 Å². The molecule has 0 aliphatic rings. The van der Waals surface area contributed by atoms with Crippen LogP contribution < -0.4 is 15.0 Å². The van der Waals surface area contributed by atoms with Gasteiger partial charge in [0.25, 0.3) is 0 Å². The Labute approximate surface area is 157 Å². The second-order valence-electron chi connectivity index (χ2n) is 5.10. The number of alkyl halides is 3. The summed E-state index contributed by atoms with van der Waals surface area (Å²) >= 11 is 5.88. The third kappa shape index (κ3) is 5.27. The van der Waals surface area contributed by atoms with Gasteiger partial charge < -0.3 is 4.84 Å². The second kappa shape index (κ2) is 8.05. The van der Waals surface area contributed by atoms with Crippen molar-refractivity contribution in [1.29, 1.82) is 0 Å². The lowest BCUT2D eigenvalue weighted by Crippen LogP contribution is -2.30. The number of anilines is 1. The van der Waals surface area contributed by atoms with Gasteiger partial charge in [0.1, 0.15) is 5.82 Å². The molecule has 2 aromatic rings. The molecular weight excluding hydrogens is 412 g/mol. The number of allylic oxidation sites excluding steroid dienone is 1. The van der Waals surface area contributed by atoms with E-state index in [0.29, 0.717) is 0 Å². The van der Waals surface area contributed by atoms with E-state index in [0.717, 1.165) is 18.2 Å². The first-order valence-corrected chi connectivity index (χ1v) is 9.13. The molecule has 2 aromatic carbocycles. The topological polar surface area (TPSA) is 67.4 Å². The highest BCUT2D eigenvalue weighted by Gasteiger charge is 2.46. The highest BCUT2D eigenvalue weighted by atomic mass is 35.5. The molecule has 0 unspecified atom stereocenters. The predicted molar refractivity (Wildman–Crippen MR) is 93.9 cm³/mol. The second-order valence-corrected chi connectivity index (χ2v) is 7.21. The molecule has 0 saturated carbocycles. The lowest BCUT2D eigenvalue weighted by Gasteiger charge is -2.17. The number of hydroxylamine groups is 1. The monoisotopic (exact) mass is 424 g/mol. The van der Waals surface area contributed by atoms with Crippen molar-refractivity contribution in [2.24, 2.45) is 0 Å². The molecule has 0 heterocycles. The van der Waals surface area contributed by atoms with Gasteiger partial charge in [-0.3, -0.25) is 4.72 Å². The Morgan fingerprint density at radius 3 is 2.33 bits per heavy atom. The van der Waals surface area contributed by atoms with Crippen LogP contribution in [-0.4, -0.2) is 13.9 Å². The standard InChI is InChI=1S/C16H13ClF4N2O3S/c1-2-14(22-26-12-6-4-11(18)5-7-12)13-9-10(17)3-8-15(13)23-27(24,25)16(19,20)21/h2-9,22-23H,1H3. The van der Waals surface area contributed by atoms with Crippen molar-refractivity contribution in [2.45, 2.75) is 12.4 Å². The van der Waals surface area contributed by atoms with Gasteiger partial charge in [0, 0.05) is 10.6 Å². The van der Waals surface area contributed by atoms with Crippen LogP contribution in [0.2, 0.25) is 5.02 Å². The third-order valence-corrected chi connectivity index (χ3v) is 4.54. The van der Waals surface area contributed by atoms with E-state index < -0.39 is 21.3 Å². The highest BCUT2D eigenvalue weighted by molar-refractivity contribution is 7.93. The summed E-state index contributed by atoms with van der Waals surface area (Å²) in [5, 5.41) is 0.155. The first-order valence-electron chi connectivity index (χ1n) is 7.27. The SMILES string of the molecule is CC=C(NOc1ccc(F)cc1)c1cc(Cl)ccc1NS(=O)(=O)C(F)(F)F. The zero-order valence-electron chi connectivity index (χ0n) is 13.6. The summed E-state index contributed by atoms with van der Waals surface area (Å²) in [5.74, 6) is -0.262. The van der Waals surface area contributed by atoms with Crippen LogP contribution >= 0.6 is 11.6 Å². The molecule has 0 aliphatic carbocycles. The summed E-state index contributed by atoms with van der Waals surface area (Å²) in [5.41, 5.74) is -3.23. The predicted octanol–water partition coefficient (Wildman–Crippen LogP) is 4.69. The molecule has 146 valence electrons. The zero-order valence-corrected chi connectivity index (χ0v) is 15.2. The normalized spacial score (nSPS) is 12.6. The average molecular weight is 425 g/mol. The molecule has 27 heavy (non-hydrogen) atoms. The summed E-state index contributed by atoms with van der Waals surface area (Å²) in [6.45, 7) is 1.54. The maximum absolute atomic E-state index is 12.9. The molecule has 2 N–H and O–H groups in total. The van der Waals surface area contributed by atoms with Crippen LogP contribution in [0.3, 0.4) is 0 Å². The Kier molecular flexibility index (Phi) is 6.22. The average Bonchev–Trinajstić information content (AvgIpc) is 2.58. The van der Waals surface area contributed by atoms with Crippen molar-refractivity contribution in [3.05, 3.63) is 64.9 Å². The van der Waals surface area contributed by atoms with E-state index in [-0.39, 0.29) is 27.7 Å². The van der Waals surface area contributed by atoms with Gasteiger partial charge in [-0.25, -0.2) is 9.87 Å². The third-order valence-electron chi connectivity index (χ3n) is 3.20. The van der Waals surface area contributed by atoms with Crippen LogP contribution in [0.5, 0.6) is 5.75 Å². The quantitative estimate of drug-likeness (QED) is 0.521. The number of rotatable bonds is 6. The van der Waals surface area contributed by atoms with Crippen LogP contribution in [-0.2, 0) is 10.0 Å². The van der Waals surface area contributed by atoms with Gasteiger partial charge in [-0.1, -0.05) is 17.7 Å². The van der Waals surface area contributed by atoms with Crippen LogP contribution in [0, 0.1) is 5.82 Å². The summed E-state index contributed by atoms with van der Waals surface area (Å²) < 4.78 is 75.2. The van der Waals surface area contributed by atoms with Crippen molar-refractivity contribution in [1.82, 2.24) is 5.48 Å². The summed E-state index contributed by atoms with van der Waals surface area (Å²) in [4.78, 5) is 5.23. The van der Waals surface area contributed by atoms with E-state index in [1.807, 2.05) is 0 Å². The molecule has 2 rings (SSSR count). The number of benzene rings is 2. The molecule has 11 heteroatoms. The minimum absolute atomic E-state index is 0.0138. The van der Waals surface area contributed by atoms with Crippen molar-refractivity contribution in [3.63, 3.8) is 0 Å². The van der Waals surface area contributed by atoms with Crippen LogP contribution in [0.4, 0.5) is 23.2 Å². The summed E-state index contributed by atoms with van der Waals surface area (Å²) in [6, 6.07) is 8.51. The zero-order chi connectivity index (χ0) is 20.2. The Balaban J connectivity index is 2.31.